The molecule has 146 valence electrons. The number of piperidine rings is 1. The fourth-order valence-corrected chi connectivity index (χ4v) is 4.34. The first-order chi connectivity index (χ1) is 12.8. The lowest BCUT2D eigenvalue weighted by Crippen LogP contribution is -2.33. The molecule has 2 heterocycles. The van der Waals surface area contributed by atoms with E-state index in [1.54, 1.807) is 24.3 Å². The molecule has 1 saturated heterocycles. The minimum atomic E-state index is -3.83. The Morgan fingerprint density at radius 1 is 1.11 bits per heavy atom. The second kappa shape index (κ2) is 7.72. The summed E-state index contributed by atoms with van der Waals surface area (Å²) in [5.74, 6) is 1.99. The molecule has 0 atom stereocenters. The number of nitrogens with one attached hydrogen (secondary N) is 1. The number of aromatic nitrogens is 2. The molecule has 0 aliphatic carbocycles. The van der Waals surface area contributed by atoms with Gasteiger partial charge in [-0.1, -0.05) is 6.92 Å². The molecule has 3 rings (SSSR count). The molecule has 0 spiro atoms. The first-order valence-electron chi connectivity index (χ1n) is 9.07. The van der Waals surface area contributed by atoms with Crippen molar-refractivity contribution in [2.75, 3.05) is 29.8 Å². The van der Waals surface area contributed by atoms with Crippen molar-refractivity contribution in [3.63, 3.8) is 0 Å². The van der Waals surface area contributed by atoms with Gasteiger partial charge in [-0.05, 0) is 68.0 Å². The normalized spacial score (nSPS) is 15.6. The maximum absolute atomic E-state index is 12.8. The van der Waals surface area contributed by atoms with E-state index in [9.17, 15) is 8.42 Å². The largest absolute Gasteiger partial charge is 0.495 e. The van der Waals surface area contributed by atoms with E-state index in [1.165, 1.54) is 7.11 Å². The third-order valence-electron chi connectivity index (χ3n) is 5.07. The van der Waals surface area contributed by atoms with Crippen LogP contribution >= 0.6 is 0 Å². The minimum Gasteiger partial charge on any atom is -0.495 e. The predicted molar refractivity (Wildman–Crippen MR) is 106 cm³/mol. The van der Waals surface area contributed by atoms with Gasteiger partial charge in [0.2, 0.25) is 0 Å². The number of anilines is 2. The van der Waals surface area contributed by atoms with Crippen molar-refractivity contribution in [1.29, 1.82) is 0 Å². The number of hydrogen-bond acceptors (Lipinski definition) is 6. The lowest BCUT2D eigenvalue weighted by molar-refractivity contribution is 0.402. The zero-order valence-corrected chi connectivity index (χ0v) is 17.0. The smallest absolute Gasteiger partial charge is 0.266 e. The van der Waals surface area contributed by atoms with Gasteiger partial charge in [0.25, 0.3) is 10.0 Å². The molecule has 1 aromatic carbocycles. The number of rotatable bonds is 5. The van der Waals surface area contributed by atoms with Gasteiger partial charge in [0.05, 0.1) is 7.11 Å². The van der Waals surface area contributed by atoms with Crippen molar-refractivity contribution in [2.45, 2.75) is 38.5 Å². The van der Waals surface area contributed by atoms with E-state index in [-0.39, 0.29) is 10.7 Å². The van der Waals surface area contributed by atoms with Crippen molar-refractivity contribution < 1.29 is 13.2 Å². The molecule has 0 amide bonds. The lowest BCUT2D eigenvalue weighted by atomic mass is 9.99. The van der Waals surface area contributed by atoms with Crippen LogP contribution in [0.2, 0.25) is 0 Å². The second-order valence-electron chi connectivity index (χ2n) is 7.14. The van der Waals surface area contributed by atoms with E-state index in [4.69, 9.17) is 4.74 Å². The van der Waals surface area contributed by atoms with Crippen LogP contribution in [0.15, 0.2) is 29.2 Å². The van der Waals surface area contributed by atoms with E-state index in [0.29, 0.717) is 5.75 Å². The Morgan fingerprint density at radius 3 is 2.37 bits per heavy atom. The molecular formula is C19H26N4O3S. The van der Waals surface area contributed by atoms with Gasteiger partial charge >= 0.3 is 0 Å². The highest BCUT2D eigenvalue weighted by Gasteiger charge is 2.22. The summed E-state index contributed by atoms with van der Waals surface area (Å²) in [4.78, 5) is 2.27. The standard InChI is InChI=1S/C19H26N4O3S/c1-13-7-9-23(10-8-13)19-6-5-18(20-21-19)22-27(24,25)17-12-15(3)14(2)11-16(17)26-4/h5-6,11-13H,7-10H2,1-4H3,(H,20,22). The minimum absolute atomic E-state index is 0.0870. The van der Waals surface area contributed by atoms with E-state index in [1.807, 2.05) is 13.8 Å². The number of nitrogens with zero attached hydrogens (tertiary/aromatic N) is 3. The molecule has 1 aromatic heterocycles. The Labute approximate surface area is 160 Å². The van der Waals surface area contributed by atoms with Crippen molar-refractivity contribution in [3.05, 3.63) is 35.4 Å². The maximum Gasteiger partial charge on any atom is 0.266 e. The molecule has 0 bridgehead atoms. The number of methoxy groups -OCH3 is 1. The van der Waals surface area contributed by atoms with E-state index in [2.05, 4.69) is 26.7 Å². The molecule has 0 saturated carbocycles. The molecule has 2 aromatic rings. The molecule has 1 N–H and O–H groups in total. The van der Waals surface area contributed by atoms with Crippen molar-refractivity contribution in [1.82, 2.24) is 10.2 Å². The lowest BCUT2D eigenvalue weighted by Gasteiger charge is -2.30. The molecule has 1 fully saturated rings. The van der Waals surface area contributed by atoms with Crippen LogP contribution in [0.25, 0.3) is 0 Å². The fraction of sp³-hybridized carbons (Fsp3) is 0.474. The summed E-state index contributed by atoms with van der Waals surface area (Å²) in [6, 6.07) is 6.77. The predicted octanol–water partition coefficient (Wildman–Crippen LogP) is 3.14. The van der Waals surface area contributed by atoms with E-state index >= 15 is 0 Å². The molecule has 0 radical (unpaired) electrons. The maximum atomic E-state index is 12.8. The zero-order chi connectivity index (χ0) is 19.6. The van der Waals surface area contributed by atoms with Gasteiger partial charge < -0.3 is 9.64 Å². The van der Waals surface area contributed by atoms with Crippen LogP contribution in [0.1, 0.15) is 30.9 Å². The van der Waals surface area contributed by atoms with Gasteiger partial charge in [-0.2, -0.15) is 0 Å². The van der Waals surface area contributed by atoms with E-state index < -0.39 is 10.0 Å². The second-order valence-corrected chi connectivity index (χ2v) is 8.79. The van der Waals surface area contributed by atoms with Gasteiger partial charge in [0, 0.05) is 13.1 Å². The molecule has 0 unspecified atom stereocenters. The summed E-state index contributed by atoms with van der Waals surface area (Å²) in [6.07, 6.45) is 2.26. The first-order valence-corrected chi connectivity index (χ1v) is 10.5. The van der Waals surface area contributed by atoms with Crippen LogP contribution in [0.3, 0.4) is 0 Å². The van der Waals surface area contributed by atoms with Gasteiger partial charge in [-0.25, -0.2) is 8.42 Å². The monoisotopic (exact) mass is 390 g/mol. The van der Waals surface area contributed by atoms with Crippen LogP contribution in [0.4, 0.5) is 11.6 Å². The number of ether oxygens (including phenoxy) is 1. The van der Waals surface area contributed by atoms with Gasteiger partial charge in [-0.15, -0.1) is 10.2 Å². The van der Waals surface area contributed by atoms with Crippen LogP contribution in [0.5, 0.6) is 5.75 Å². The van der Waals surface area contributed by atoms with Crippen molar-refractivity contribution >= 4 is 21.7 Å². The topological polar surface area (TPSA) is 84.4 Å². The van der Waals surface area contributed by atoms with Crippen LogP contribution in [-0.4, -0.2) is 38.8 Å². The summed E-state index contributed by atoms with van der Waals surface area (Å²) in [5.41, 5.74) is 1.84. The number of aryl methyl sites for hydroxylation is 2. The van der Waals surface area contributed by atoms with Crippen LogP contribution in [-0.2, 0) is 10.0 Å². The third-order valence-corrected chi connectivity index (χ3v) is 6.44. The summed E-state index contributed by atoms with van der Waals surface area (Å²) in [7, 11) is -2.38. The van der Waals surface area contributed by atoms with Crippen LogP contribution < -0.4 is 14.4 Å². The fourth-order valence-electron chi connectivity index (χ4n) is 3.11. The molecular weight excluding hydrogens is 364 g/mol. The summed E-state index contributed by atoms with van der Waals surface area (Å²) >= 11 is 0. The highest BCUT2D eigenvalue weighted by molar-refractivity contribution is 7.92. The van der Waals surface area contributed by atoms with E-state index in [0.717, 1.165) is 48.8 Å². The summed E-state index contributed by atoms with van der Waals surface area (Å²) < 4.78 is 33.3. The molecule has 7 nitrogen and oxygen atoms in total. The molecule has 27 heavy (non-hydrogen) atoms. The van der Waals surface area contributed by atoms with Gasteiger partial charge in [0.15, 0.2) is 11.6 Å². The summed E-state index contributed by atoms with van der Waals surface area (Å²) in [5, 5.41) is 8.25. The third kappa shape index (κ3) is 4.32. The van der Waals surface area contributed by atoms with Gasteiger partial charge in [0.1, 0.15) is 10.6 Å². The Bertz CT molecular complexity index is 905. The highest BCUT2D eigenvalue weighted by Crippen LogP contribution is 2.29. The molecule has 1 aliphatic heterocycles. The Kier molecular flexibility index (Phi) is 5.55. The van der Waals surface area contributed by atoms with Crippen molar-refractivity contribution in [2.24, 2.45) is 5.92 Å². The number of sulfonamides is 1. The summed E-state index contributed by atoms with van der Waals surface area (Å²) in [6.45, 7) is 7.92. The SMILES string of the molecule is COc1cc(C)c(C)cc1S(=O)(=O)Nc1ccc(N2CCC(C)CC2)nn1. The number of hydrogen-bond donors (Lipinski definition) is 1. The van der Waals surface area contributed by atoms with Crippen LogP contribution in [0, 0.1) is 19.8 Å². The Hall–Kier alpha value is -2.35. The molecule has 8 heteroatoms. The van der Waals surface area contributed by atoms with Crippen molar-refractivity contribution in [3.8, 4) is 5.75 Å². The average Bonchev–Trinajstić information content (AvgIpc) is 2.64. The zero-order valence-electron chi connectivity index (χ0n) is 16.2. The number of benzene rings is 1. The highest BCUT2D eigenvalue weighted by atomic mass is 32.2. The first kappa shape index (κ1) is 19.4. The Balaban J connectivity index is 1.79. The van der Waals surface area contributed by atoms with Gasteiger partial charge in [-0.3, -0.25) is 4.72 Å². The Morgan fingerprint density at radius 2 is 1.78 bits per heavy atom. The molecule has 1 aliphatic rings. The quantitative estimate of drug-likeness (QED) is 0.844. The average molecular weight is 391 g/mol.